The lowest BCUT2D eigenvalue weighted by Gasteiger charge is -2.33. The van der Waals surface area contributed by atoms with E-state index in [2.05, 4.69) is 10.1 Å². The molecule has 1 aromatic heterocycles. The minimum absolute atomic E-state index is 0.0132. The van der Waals surface area contributed by atoms with Crippen molar-refractivity contribution < 1.29 is 9.90 Å². The Bertz CT molecular complexity index is 660. The minimum atomic E-state index is -0.801. The van der Waals surface area contributed by atoms with Crippen molar-refractivity contribution in [3.8, 4) is 0 Å². The highest BCUT2D eigenvalue weighted by molar-refractivity contribution is 6.30. The summed E-state index contributed by atoms with van der Waals surface area (Å²) in [5.74, 6) is 0.359. The van der Waals surface area contributed by atoms with Crippen LogP contribution in [0.4, 0.5) is 0 Å². The molecule has 2 unspecified atom stereocenters. The van der Waals surface area contributed by atoms with Crippen LogP contribution >= 0.6 is 11.6 Å². The summed E-state index contributed by atoms with van der Waals surface area (Å²) in [5, 5.41) is 15.0. The fourth-order valence-corrected chi connectivity index (χ4v) is 3.26. The average Bonchev–Trinajstić information content (AvgIpc) is 3.08. The Morgan fingerprint density at radius 2 is 2.17 bits per heavy atom. The predicted molar refractivity (Wildman–Crippen MR) is 90.4 cm³/mol. The van der Waals surface area contributed by atoms with Crippen LogP contribution in [0.25, 0.3) is 0 Å². The van der Waals surface area contributed by atoms with Gasteiger partial charge in [0, 0.05) is 24.7 Å². The fourth-order valence-electron chi connectivity index (χ4n) is 3.13. The second-order valence-electron chi connectivity index (χ2n) is 6.24. The third-order valence-electron chi connectivity index (χ3n) is 4.41. The first kappa shape index (κ1) is 16.9. The molecule has 0 spiro atoms. The molecule has 1 saturated heterocycles. The van der Waals surface area contributed by atoms with Gasteiger partial charge in [-0.1, -0.05) is 23.7 Å². The van der Waals surface area contributed by atoms with Crippen molar-refractivity contribution in [1.82, 2.24) is 19.7 Å². The summed E-state index contributed by atoms with van der Waals surface area (Å²) in [6.45, 7) is 2.22. The van der Waals surface area contributed by atoms with Gasteiger partial charge in [-0.15, -0.1) is 0 Å². The molecular weight excluding hydrogens is 328 g/mol. The van der Waals surface area contributed by atoms with Gasteiger partial charge in [-0.3, -0.25) is 9.48 Å². The zero-order valence-electron chi connectivity index (χ0n) is 13.4. The number of aliphatic hydroxyl groups excluding tert-OH is 1. The molecule has 24 heavy (non-hydrogen) atoms. The van der Waals surface area contributed by atoms with Crippen LogP contribution < -0.4 is 0 Å². The van der Waals surface area contributed by atoms with Crippen LogP contribution in [-0.4, -0.2) is 43.8 Å². The zero-order chi connectivity index (χ0) is 16.9. The Kier molecular flexibility index (Phi) is 5.48. The molecule has 1 N–H and O–H groups in total. The van der Waals surface area contributed by atoms with Crippen molar-refractivity contribution in [2.75, 3.05) is 13.1 Å². The number of nitrogens with zero attached hydrogens (tertiary/aromatic N) is 4. The Morgan fingerprint density at radius 1 is 1.38 bits per heavy atom. The van der Waals surface area contributed by atoms with E-state index in [-0.39, 0.29) is 12.3 Å². The van der Waals surface area contributed by atoms with Gasteiger partial charge in [0.15, 0.2) is 0 Å². The number of rotatable bonds is 5. The molecular formula is C17H21ClN4O2. The van der Waals surface area contributed by atoms with Crippen molar-refractivity contribution in [2.45, 2.75) is 31.9 Å². The Balaban J connectivity index is 1.55. The van der Waals surface area contributed by atoms with Gasteiger partial charge in [-0.05, 0) is 36.5 Å². The minimum Gasteiger partial charge on any atom is -0.388 e. The molecule has 1 aromatic carbocycles. The normalized spacial score (nSPS) is 19.2. The summed E-state index contributed by atoms with van der Waals surface area (Å²) in [7, 11) is 0. The topological polar surface area (TPSA) is 71.2 Å². The van der Waals surface area contributed by atoms with E-state index in [4.69, 9.17) is 11.6 Å². The number of aliphatic hydroxyl groups is 1. The summed E-state index contributed by atoms with van der Waals surface area (Å²) in [4.78, 5) is 18.3. The third-order valence-corrected chi connectivity index (χ3v) is 4.66. The van der Waals surface area contributed by atoms with Crippen LogP contribution in [0.3, 0.4) is 0 Å². The maximum absolute atomic E-state index is 12.5. The summed E-state index contributed by atoms with van der Waals surface area (Å²) in [6, 6.07) is 6.95. The molecule has 1 fully saturated rings. The summed E-state index contributed by atoms with van der Waals surface area (Å²) in [5.41, 5.74) is 0.712. The quantitative estimate of drug-likeness (QED) is 0.900. The number of hydrogen-bond donors (Lipinski definition) is 1. The number of halogens is 1. The molecule has 7 heteroatoms. The summed E-state index contributed by atoms with van der Waals surface area (Å²) < 4.78 is 1.81. The van der Waals surface area contributed by atoms with Crippen molar-refractivity contribution in [2.24, 2.45) is 5.92 Å². The van der Waals surface area contributed by atoms with E-state index in [1.807, 2.05) is 4.90 Å². The molecule has 0 bridgehead atoms. The van der Waals surface area contributed by atoms with E-state index in [0.29, 0.717) is 23.0 Å². The number of benzene rings is 1. The molecule has 2 atom stereocenters. The molecule has 0 radical (unpaired) electrons. The van der Waals surface area contributed by atoms with E-state index in [1.165, 1.54) is 6.33 Å². The number of likely N-dealkylation sites (tertiary alicyclic amines) is 1. The number of carbonyl (C=O) groups excluding carboxylic acids is 1. The second kappa shape index (κ2) is 7.77. The molecule has 2 heterocycles. The van der Waals surface area contributed by atoms with Gasteiger partial charge in [0.2, 0.25) is 5.91 Å². The maximum atomic E-state index is 12.5. The molecule has 128 valence electrons. The van der Waals surface area contributed by atoms with E-state index < -0.39 is 6.10 Å². The predicted octanol–water partition coefficient (Wildman–Crippen LogP) is 2.29. The second-order valence-corrected chi connectivity index (χ2v) is 6.67. The summed E-state index contributed by atoms with van der Waals surface area (Å²) in [6.07, 6.45) is 4.56. The number of amides is 1. The van der Waals surface area contributed by atoms with Gasteiger partial charge in [0.05, 0.1) is 12.5 Å². The number of hydrogen-bond acceptors (Lipinski definition) is 4. The first-order chi connectivity index (χ1) is 11.6. The molecule has 0 saturated carbocycles. The van der Waals surface area contributed by atoms with Gasteiger partial charge in [-0.25, -0.2) is 4.98 Å². The van der Waals surface area contributed by atoms with Crippen LogP contribution in [0.1, 0.15) is 30.9 Å². The SMILES string of the molecule is O=C(CC(O)c1ccc(Cl)cc1)N1CCCC(Cn2cncn2)C1. The Morgan fingerprint density at radius 3 is 2.88 bits per heavy atom. The highest BCUT2D eigenvalue weighted by Gasteiger charge is 2.25. The van der Waals surface area contributed by atoms with E-state index in [1.54, 1.807) is 35.3 Å². The Labute approximate surface area is 146 Å². The fraction of sp³-hybridized carbons (Fsp3) is 0.471. The van der Waals surface area contributed by atoms with Crippen LogP contribution in [0.5, 0.6) is 0 Å². The zero-order valence-corrected chi connectivity index (χ0v) is 14.1. The van der Waals surface area contributed by atoms with Crippen LogP contribution in [-0.2, 0) is 11.3 Å². The van der Waals surface area contributed by atoms with E-state index >= 15 is 0 Å². The Hall–Kier alpha value is -1.92. The first-order valence-electron chi connectivity index (χ1n) is 8.15. The first-order valence-corrected chi connectivity index (χ1v) is 8.53. The van der Waals surface area contributed by atoms with Gasteiger partial charge < -0.3 is 10.0 Å². The van der Waals surface area contributed by atoms with Gasteiger partial charge >= 0.3 is 0 Å². The molecule has 3 rings (SSSR count). The third kappa shape index (κ3) is 4.33. The van der Waals surface area contributed by atoms with Crippen LogP contribution in [0.2, 0.25) is 5.02 Å². The van der Waals surface area contributed by atoms with Gasteiger partial charge in [0.25, 0.3) is 0 Å². The van der Waals surface area contributed by atoms with Crippen molar-refractivity contribution >= 4 is 17.5 Å². The lowest BCUT2D eigenvalue weighted by atomic mass is 9.97. The van der Waals surface area contributed by atoms with E-state index in [9.17, 15) is 9.90 Å². The van der Waals surface area contributed by atoms with Crippen molar-refractivity contribution in [1.29, 1.82) is 0 Å². The van der Waals surface area contributed by atoms with Crippen LogP contribution in [0, 0.1) is 5.92 Å². The monoisotopic (exact) mass is 348 g/mol. The van der Waals surface area contributed by atoms with E-state index in [0.717, 1.165) is 25.9 Å². The number of aromatic nitrogens is 3. The molecule has 6 nitrogen and oxygen atoms in total. The largest absolute Gasteiger partial charge is 0.388 e. The number of carbonyl (C=O) groups is 1. The molecule has 1 aliphatic rings. The highest BCUT2D eigenvalue weighted by atomic mass is 35.5. The average molecular weight is 349 g/mol. The molecule has 1 amide bonds. The standard InChI is InChI=1S/C17H21ClN4O2/c18-15-5-3-14(4-6-15)16(23)8-17(24)21-7-1-2-13(9-21)10-22-12-19-11-20-22/h3-6,11-13,16,23H,1-2,7-10H2. The van der Waals surface area contributed by atoms with Crippen molar-refractivity contribution in [3.63, 3.8) is 0 Å². The highest BCUT2D eigenvalue weighted by Crippen LogP contribution is 2.23. The lowest BCUT2D eigenvalue weighted by molar-refractivity contribution is -0.135. The van der Waals surface area contributed by atoms with Crippen molar-refractivity contribution in [3.05, 3.63) is 47.5 Å². The van der Waals surface area contributed by atoms with Gasteiger partial charge in [0.1, 0.15) is 12.7 Å². The maximum Gasteiger partial charge on any atom is 0.225 e. The van der Waals surface area contributed by atoms with Gasteiger partial charge in [-0.2, -0.15) is 5.10 Å². The summed E-state index contributed by atoms with van der Waals surface area (Å²) >= 11 is 5.85. The molecule has 0 aliphatic carbocycles. The number of piperidine rings is 1. The molecule has 1 aliphatic heterocycles. The van der Waals surface area contributed by atoms with Crippen LogP contribution in [0.15, 0.2) is 36.9 Å². The molecule has 2 aromatic rings. The lowest BCUT2D eigenvalue weighted by Crippen LogP contribution is -2.41. The smallest absolute Gasteiger partial charge is 0.225 e.